The molecule has 108 valence electrons. The van der Waals surface area contributed by atoms with E-state index in [0.29, 0.717) is 16.7 Å². The summed E-state index contributed by atoms with van der Waals surface area (Å²) in [6.07, 6.45) is 1.64. The Morgan fingerprint density at radius 3 is 2.48 bits per heavy atom. The molecule has 21 heavy (non-hydrogen) atoms. The zero-order valence-electron chi connectivity index (χ0n) is 11.0. The van der Waals surface area contributed by atoms with Crippen LogP contribution in [0.4, 0.5) is 4.39 Å². The number of halogens is 2. The Kier molecular flexibility index (Phi) is 5.66. The Morgan fingerprint density at radius 1 is 1.14 bits per heavy atom. The van der Waals surface area contributed by atoms with Crippen LogP contribution in [0, 0.1) is 5.82 Å². The highest BCUT2D eigenvalue weighted by Crippen LogP contribution is 2.07. The second-order valence-electron chi connectivity index (χ2n) is 4.23. The van der Waals surface area contributed by atoms with Gasteiger partial charge in [0.05, 0.1) is 6.21 Å². The first kappa shape index (κ1) is 15.4. The van der Waals surface area contributed by atoms with Gasteiger partial charge in [0.2, 0.25) is 0 Å². The smallest absolute Gasteiger partial charge is 0.187 e. The van der Waals surface area contributed by atoms with E-state index in [1.54, 1.807) is 30.5 Å². The zero-order chi connectivity index (χ0) is 15.1. The van der Waals surface area contributed by atoms with E-state index in [1.807, 2.05) is 12.1 Å². The van der Waals surface area contributed by atoms with E-state index in [1.165, 1.54) is 12.1 Å². The number of benzene rings is 2. The monoisotopic (exact) mass is 321 g/mol. The Labute approximate surface area is 132 Å². The standard InChI is InChI=1S/C15H13ClFN3S/c16-13-5-1-12(2-6-13)10-19-20-15(21)18-9-11-3-7-14(17)8-4-11/h1-8,10H,9H2,(H2,18,20,21)/b19-10-. The maximum atomic E-state index is 12.8. The van der Waals surface area contributed by atoms with Gasteiger partial charge in [0.25, 0.3) is 0 Å². The first-order valence-electron chi connectivity index (χ1n) is 6.20. The molecule has 0 aliphatic carbocycles. The van der Waals surface area contributed by atoms with Gasteiger partial charge in [0, 0.05) is 11.6 Å². The summed E-state index contributed by atoms with van der Waals surface area (Å²) in [5.74, 6) is -0.257. The molecule has 0 saturated carbocycles. The van der Waals surface area contributed by atoms with Crippen LogP contribution in [-0.4, -0.2) is 11.3 Å². The van der Waals surface area contributed by atoms with Crippen molar-refractivity contribution < 1.29 is 4.39 Å². The van der Waals surface area contributed by atoms with Crippen LogP contribution in [0.3, 0.4) is 0 Å². The lowest BCUT2D eigenvalue weighted by molar-refractivity contribution is 0.626. The molecule has 0 aromatic heterocycles. The molecule has 2 N–H and O–H groups in total. The second kappa shape index (κ2) is 7.71. The van der Waals surface area contributed by atoms with E-state index in [4.69, 9.17) is 23.8 Å². The summed E-state index contributed by atoms with van der Waals surface area (Å²) in [4.78, 5) is 0. The fourth-order valence-corrected chi connectivity index (χ4v) is 1.79. The lowest BCUT2D eigenvalue weighted by atomic mass is 10.2. The number of thiocarbonyl (C=S) groups is 1. The molecule has 0 heterocycles. The minimum absolute atomic E-state index is 0.257. The van der Waals surface area contributed by atoms with Crippen LogP contribution in [0.5, 0.6) is 0 Å². The molecule has 2 rings (SSSR count). The Morgan fingerprint density at radius 2 is 1.81 bits per heavy atom. The predicted molar refractivity (Wildman–Crippen MR) is 88.0 cm³/mol. The third kappa shape index (κ3) is 5.49. The van der Waals surface area contributed by atoms with E-state index in [9.17, 15) is 4.39 Å². The molecule has 0 atom stereocenters. The van der Waals surface area contributed by atoms with Crippen molar-refractivity contribution >= 4 is 35.1 Å². The third-order valence-corrected chi connectivity index (χ3v) is 3.10. The number of hydrogen-bond donors (Lipinski definition) is 2. The molecule has 0 saturated heterocycles. The molecule has 0 bridgehead atoms. The number of hydrogen-bond acceptors (Lipinski definition) is 2. The summed E-state index contributed by atoms with van der Waals surface area (Å²) in [6.45, 7) is 0.503. The maximum absolute atomic E-state index is 12.8. The molecule has 2 aromatic rings. The van der Waals surface area contributed by atoms with E-state index >= 15 is 0 Å². The topological polar surface area (TPSA) is 36.4 Å². The third-order valence-electron chi connectivity index (χ3n) is 2.62. The lowest BCUT2D eigenvalue weighted by Crippen LogP contribution is -2.31. The molecule has 0 unspecified atom stereocenters. The molecule has 3 nitrogen and oxygen atoms in total. The SMILES string of the molecule is Fc1ccc(CNC(=S)N/N=C\c2ccc(Cl)cc2)cc1. The van der Waals surface area contributed by atoms with Crippen LogP contribution < -0.4 is 10.7 Å². The van der Waals surface area contributed by atoms with Gasteiger partial charge in [0.15, 0.2) is 5.11 Å². The Balaban J connectivity index is 1.77. The number of rotatable bonds is 4. The first-order chi connectivity index (χ1) is 10.1. The zero-order valence-corrected chi connectivity index (χ0v) is 12.6. The molecule has 0 spiro atoms. The predicted octanol–water partition coefficient (Wildman–Crippen LogP) is 3.48. The lowest BCUT2D eigenvalue weighted by Gasteiger charge is -2.06. The van der Waals surface area contributed by atoms with Gasteiger partial charge in [-0.2, -0.15) is 5.10 Å². The minimum Gasteiger partial charge on any atom is -0.357 e. The molecule has 0 fully saturated rings. The summed E-state index contributed by atoms with van der Waals surface area (Å²) < 4.78 is 12.8. The van der Waals surface area contributed by atoms with E-state index in [0.717, 1.165) is 11.1 Å². The van der Waals surface area contributed by atoms with Crippen LogP contribution in [0.1, 0.15) is 11.1 Å². The first-order valence-corrected chi connectivity index (χ1v) is 6.99. The average molecular weight is 322 g/mol. The molecule has 0 amide bonds. The quantitative estimate of drug-likeness (QED) is 0.514. The highest BCUT2D eigenvalue weighted by Gasteiger charge is 1.96. The molecule has 6 heteroatoms. The summed E-state index contributed by atoms with van der Waals surface area (Å²) in [6, 6.07) is 13.5. The highest BCUT2D eigenvalue weighted by molar-refractivity contribution is 7.80. The van der Waals surface area contributed by atoms with E-state index < -0.39 is 0 Å². The van der Waals surface area contributed by atoms with Crippen molar-refractivity contribution in [3.63, 3.8) is 0 Å². The van der Waals surface area contributed by atoms with Gasteiger partial charge >= 0.3 is 0 Å². The van der Waals surface area contributed by atoms with Gasteiger partial charge in [-0.05, 0) is 47.6 Å². The number of hydrazone groups is 1. The van der Waals surface area contributed by atoms with Crippen molar-refractivity contribution in [2.75, 3.05) is 0 Å². The van der Waals surface area contributed by atoms with Gasteiger partial charge in [-0.3, -0.25) is 5.43 Å². The summed E-state index contributed by atoms with van der Waals surface area (Å²) >= 11 is 10.9. The molecule has 0 aliphatic rings. The van der Waals surface area contributed by atoms with Crippen molar-refractivity contribution in [3.05, 3.63) is 70.5 Å². The van der Waals surface area contributed by atoms with Crippen LogP contribution in [0.2, 0.25) is 5.02 Å². The number of nitrogens with zero attached hydrogens (tertiary/aromatic N) is 1. The summed E-state index contributed by atoms with van der Waals surface area (Å²) in [5, 5.41) is 8.06. The Bertz CT molecular complexity index is 626. The van der Waals surface area contributed by atoms with Crippen LogP contribution in [-0.2, 0) is 6.54 Å². The van der Waals surface area contributed by atoms with E-state index in [-0.39, 0.29) is 5.82 Å². The van der Waals surface area contributed by atoms with Crippen molar-refractivity contribution in [3.8, 4) is 0 Å². The van der Waals surface area contributed by atoms with Gasteiger partial charge in [-0.1, -0.05) is 35.9 Å². The maximum Gasteiger partial charge on any atom is 0.187 e. The van der Waals surface area contributed by atoms with Gasteiger partial charge < -0.3 is 5.32 Å². The van der Waals surface area contributed by atoms with E-state index in [2.05, 4.69) is 15.8 Å². The van der Waals surface area contributed by atoms with Crippen molar-refractivity contribution in [2.45, 2.75) is 6.54 Å². The van der Waals surface area contributed by atoms with Crippen molar-refractivity contribution in [1.29, 1.82) is 0 Å². The van der Waals surface area contributed by atoms with Crippen LogP contribution >= 0.6 is 23.8 Å². The molecule has 2 aromatic carbocycles. The summed E-state index contributed by atoms with van der Waals surface area (Å²) in [5.41, 5.74) is 4.55. The minimum atomic E-state index is -0.257. The van der Waals surface area contributed by atoms with Crippen LogP contribution in [0.25, 0.3) is 0 Å². The second-order valence-corrected chi connectivity index (χ2v) is 5.08. The molecular formula is C15H13ClFN3S. The Hall–Kier alpha value is -1.98. The molecular weight excluding hydrogens is 309 g/mol. The van der Waals surface area contributed by atoms with Gasteiger partial charge in [-0.15, -0.1) is 0 Å². The normalized spacial score (nSPS) is 10.6. The van der Waals surface area contributed by atoms with Gasteiger partial charge in [0.1, 0.15) is 5.82 Å². The van der Waals surface area contributed by atoms with Crippen LogP contribution in [0.15, 0.2) is 53.6 Å². The fourth-order valence-electron chi connectivity index (χ4n) is 1.54. The largest absolute Gasteiger partial charge is 0.357 e. The number of nitrogens with one attached hydrogen (secondary N) is 2. The molecule has 0 aliphatic heterocycles. The van der Waals surface area contributed by atoms with Crippen molar-refractivity contribution in [1.82, 2.24) is 10.7 Å². The van der Waals surface area contributed by atoms with Crippen molar-refractivity contribution in [2.24, 2.45) is 5.10 Å². The highest BCUT2D eigenvalue weighted by atomic mass is 35.5. The summed E-state index contributed by atoms with van der Waals surface area (Å²) in [7, 11) is 0. The fraction of sp³-hybridized carbons (Fsp3) is 0.0667. The average Bonchev–Trinajstić information content (AvgIpc) is 2.49. The van der Waals surface area contributed by atoms with Gasteiger partial charge in [-0.25, -0.2) is 4.39 Å². The molecule has 0 radical (unpaired) electrons.